The highest BCUT2D eigenvalue weighted by Crippen LogP contribution is 2.22. The molecule has 0 N–H and O–H groups in total. The van der Waals surface area contributed by atoms with Gasteiger partial charge in [-0.3, -0.25) is 4.79 Å². The zero-order valence-corrected chi connectivity index (χ0v) is 10.6. The molecule has 5 nitrogen and oxygen atoms in total. The van der Waals surface area contributed by atoms with Gasteiger partial charge in [-0.05, 0) is 19.3 Å². The van der Waals surface area contributed by atoms with Crippen molar-refractivity contribution >= 4 is 11.3 Å². The van der Waals surface area contributed by atoms with Gasteiger partial charge in [-0.1, -0.05) is 0 Å². The van der Waals surface area contributed by atoms with E-state index in [1.54, 1.807) is 18.5 Å². The minimum absolute atomic E-state index is 0.130. The summed E-state index contributed by atoms with van der Waals surface area (Å²) in [6, 6.07) is 1.57. The lowest BCUT2D eigenvalue weighted by Crippen LogP contribution is -2.30. The first-order valence-corrected chi connectivity index (χ1v) is 6.83. The average molecular weight is 263 g/mol. The number of nitrogens with zero attached hydrogens (tertiary/aromatic N) is 3. The van der Waals surface area contributed by atoms with Crippen LogP contribution in [0.1, 0.15) is 25.5 Å². The summed E-state index contributed by atoms with van der Waals surface area (Å²) >= 11 is 1.50. The Balaban J connectivity index is 1.91. The van der Waals surface area contributed by atoms with Gasteiger partial charge >= 0.3 is 0 Å². The molecule has 1 aliphatic heterocycles. The van der Waals surface area contributed by atoms with Crippen LogP contribution in [0.4, 0.5) is 0 Å². The maximum Gasteiger partial charge on any atom is 0.269 e. The Morgan fingerprint density at radius 3 is 3.06 bits per heavy atom. The molecule has 0 aromatic carbocycles. The summed E-state index contributed by atoms with van der Waals surface area (Å²) in [6.07, 6.45) is 6.17. The van der Waals surface area contributed by atoms with Crippen molar-refractivity contribution in [2.45, 2.75) is 25.5 Å². The molecule has 3 rings (SSSR count). The minimum Gasteiger partial charge on any atom is -0.356 e. The number of ether oxygens (including phenoxy) is 1. The van der Waals surface area contributed by atoms with E-state index >= 15 is 0 Å². The maximum absolute atomic E-state index is 12.0. The molecule has 0 aliphatic carbocycles. The second-order valence-electron chi connectivity index (χ2n) is 4.19. The van der Waals surface area contributed by atoms with Crippen LogP contribution >= 0.6 is 11.3 Å². The van der Waals surface area contributed by atoms with Gasteiger partial charge in [0.1, 0.15) is 5.01 Å². The lowest BCUT2D eigenvalue weighted by molar-refractivity contribution is -0.0424. The van der Waals surface area contributed by atoms with Crippen LogP contribution in [0.5, 0.6) is 0 Å². The van der Waals surface area contributed by atoms with Crippen molar-refractivity contribution in [3.63, 3.8) is 0 Å². The smallest absolute Gasteiger partial charge is 0.269 e. The Morgan fingerprint density at radius 1 is 1.44 bits per heavy atom. The van der Waals surface area contributed by atoms with E-state index < -0.39 is 0 Å². The Hall–Kier alpha value is -1.53. The van der Waals surface area contributed by atoms with Gasteiger partial charge < -0.3 is 4.74 Å². The highest BCUT2D eigenvalue weighted by molar-refractivity contribution is 7.13. The van der Waals surface area contributed by atoms with Crippen LogP contribution in [0.3, 0.4) is 0 Å². The van der Waals surface area contributed by atoms with E-state index in [1.807, 2.05) is 5.38 Å². The van der Waals surface area contributed by atoms with Crippen molar-refractivity contribution in [3.8, 4) is 10.6 Å². The number of hydrogen-bond acceptors (Lipinski definition) is 5. The molecule has 1 fully saturated rings. The Kier molecular flexibility index (Phi) is 3.21. The highest BCUT2D eigenvalue weighted by Gasteiger charge is 2.18. The van der Waals surface area contributed by atoms with Crippen molar-refractivity contribution in [2.24, 2.45) is 0 Å². The third-order valence-electron chi connectivity index (χ3n) is 2.93. The number of rotatable bonds is 2. The molecule has 3 heterocycles. The second-order valence-corrected chi connectivity index (χ2v) is 5.08. The van der Waals surface area contributed by atoms with Crippen LogP contribution in [-0.2, 0) is 4.74 Å². The fourth-order valence-electron chi connectivity index (χ4n) is 2.03. The third-order valence-corrected chi connectivity index (χ3v) is 3.76. The van der Waals surface area contributed by atoms with E-state index in [0.717, 1.165) is 29.8 Å². The summed E-state index contributed by atoms with van der Waals surface area (Å²) in [4.78, 5) is 16.2. The SMILES string of the molecule is O=c1cc(-c2nccs2)cnn1C1CCCCO1. The molecule has 2 aromatic heterocycles. The molecule has 0 bridgehead atoms. The first-order valence-electron chi connectivity index (χ1n) is 5.95. The molecular formula is C12H13N3O2S. The predicted molar refractivity (Wildman–Crippen MR) is 68.4 cm³/mol. The minimum atomic E-state index is -0.211. The molecule has 0 spiro atoms. The van der Waals surface area contributed by atoms with Crippen molar-refractivity contribution < 1.29 is 4.74 Å². The fourth-order valence-corrected chi connectivity index (χ4v) is 2.65. The van der Waals surface area contributed by atoms with E-state index in [9.17, 15) is 4.79 Å². The monoisotopic (exact) mass is 263 g/mol. The van der Waals surface area contributed by atoms with E-state index in [4.69, 9.17) is 4.74 Å². The Morgan fingerprint density at radius 2 is 2.39 bits per heavy atom. The van der Waals surface area contributed by atoms with Gasteiger partial charge in [0.2, 0.25) is 0 Å². The molecule has 0 amide bonds. The molecule has 1 unspecified atom stereocenters. The fraction of sp³-hybridized carbons (Fsp3) is 0.417. The number of aromatic nitrogens is 3. The molecule has 1 atom stereocenters. The lowest BCUT2D eigenvalue weighted by Gasteiger charge is -2.23. The summed E-state index contributed by atoms with van der Waals surface area (Å²) in [5, 5.41) is 6.90. The summed E-state index contributed by atoms with van der Waals surface area (Å²) in [6.45, 7) is 0.701. The molecular weight excluding hydrogens is 250 g/mol. The van der Waals surface area contributed by atoms with Crippen LogP contribution < -0.4 is 5.56 Å². The molecule has 94 valence electrons. The topological polar surface area (TPSA) is 57.0 Å². The van der Waals surface area contributed by atoms with Crippen LogP contribution in [0.25, 0.3) is 10.6 Å². The summed E-state index contributed by atoms with van der Waals surface area (Å²) < 4.78 is 6.99. The van der Waals surface area contributed by atoms with Gasteiger partial charge in [0, 0.05) is 29.8 Å². The molecule has 2 aromatic rings. The van der Waals surface area contributed by atoms with Crippen molar-refractivity contribution in [3.05, 3.63) is 34.2 Å². The summed E-state index contributed by atoms with van der Waals surface area (Å²) in [5.74, 6) is 0. The van der Waals surface area contributed by atoms with Crippen LogP contribution in [0.15, 0.2) is 28.6 Å². The standard InChI is InChI=1S/C12H13N3O2S/c16-10-7-9(12-13-4-6-18-12)8-14-15(10)11-3-1-2-5-17-11/h4,6-8,11H,1-3,5H2. The average Bonchev–Trinajstić information content (AvgIpc) is 2.93. The first kappa shape index (κ1) is 11.6. The Bertz CT molecular complexity index is 573. The normalized spacial score (nSPS) is 19.9. The molecule has 6 heteroatoms. The van der Waals surface area contributed by atoms with Gasteiger partial charge in [0.25, 0.3) is 5.56 Å². The van der Waals surface area contributed by atoms with E-state index in [1.165, 1.54) is 16.0 Å². The molecule has 18 heavy (non-hydrogen) atoms. The number of thiazole rings is 1. The maximum atomic E-state index is 12.0. The quantitative estimate of drug-likeness (QED) is 0.832. The zero-order valence-electron chi connectivity index (χ0n) is 9.78. The van der Waals surface area contributed by atoms with Gasteiger partial charge in [-0.15, -0.1) is 11.3 Å². The van der Waals surface area contributed by atoms with Crippen LogP contribution in [0.2, 0.25) is 0 Å². The van der Waals surface area contributed by atoms with Gasteiger partial charge in [0.15, 0.2) is 6.23 Å². The third kappa shape index (κ3) is 2.21. The van der Waals surface area contributed by atoms with E-state index in [0.29, 0.717) is 6.61 Å². The van der Waals surface area contributed by atoms with E-state index in [-0.39, 0.29) is 11.8 Å². The van der Waals surface area contributed by atoms with Gasteiger partial charge in [0.05, 0.1) is 6.20 Å². The number of hydrogen-bond donors (Lipinski definition) is 0. The molecule has 0 saturated carbocycles. The van der Waals surface area contributed by atoms with Crippen molar-refractivity contribution in [2.75, 3.05) is 6.61 Å². The molecule has 1 aliphatic rings. The van der Waals surface area contributed by atoms with E-state index in [2.05, 4.69) is 10.1 Å². The van der Waals surface area contributed by atoms with Crippen molar-refractivity contribution in [1.82, 2.24) is 14.8 Å². The zero-order chi connectivity index (χ0) is 12.4. The van der Waals surface area contributed by atoms with Crippen molar-refractivity contribution in [1.29, 1.82) is 0 Å². The Labute approximate surface area is 108 Å². The van der Waals surface area contributed by atoms with Crippen LogP contribution in [-0.4, -0.2) is 21.4 Å². The molecule has 0 radical (unpaired) electrons. The van der Waals surface area contributed by atoms with Gasteiger partial charge in [-0.25, -0.2) is 9.67 Å². The summed E-state index contributed by atoms with van der Waals surface area (Å²) in [7, 11) is 0. The summed E-state index contributed by atoms with van der Waals surface area (Å²) in [5.41, 5.74) is 0.636. The largest absolute Gasteiger partial charge is 0.356 e. The molecule has 1 saturated heterocycles. The highest BCUT2D eigenvalue weighted by atomic mass is 32.1. The first-order chi connectivity index (χ1) is 8.84. The van der Waals surface area contributed by atoms with Gasteiger partial charge in [-0.2, -0.15) is 5.10 Å². The predicted octanol–water partition coefficient (Wildman–Crippen LogP) is 2.07. The second kappa shape index (κ2) is 4.99. The van der Waals surface area contributed by atoms with Crippen LogP contribution in [0, 0.1) is 0 Å². The lowest BCUT2D eigenvalue weighted by atomic mass is 10.2.